The lowest BCUT2D eigenvalue weighted by Crippen LogP contribution is -2.41. The molecule has 0 bridgehead atoms. The van der Waals surface area contributed by atoms with E-state index in [1.807, 2.05) is 13.8 Å². The average Bonchev–Trinajstić information content (AvgIpc) is 2.30. The maximum absolute atomic E-state index is 11.8. The highest BCUT2D eigenvalue weighted by Gasteiger charge is 2.20. The van der Waals surface area contributed by atoms with E-state index in [9.17, 15) is 9.59 Å². The number of rotatable bonds is 5. The van der Waals surface area contributed by atoms with Gasteiger partial charge in [0.25, 0.3) is 0 Å². The highest BCUT2D eigenvalue weighted by atomic mass is 35.5. The normalized spacial score (nSPS) is 12.1. The molecule has 0 aromatic heterocycles. The van der Waals surface area contributed by atoms with E-state index < -0.39 is 12.0 Å². The van der Waals surface area contributed by atoms with E-state index in [4.69, 9.17) is 22.4 Å². The summed E-state index contributed by atoms with van der Waals surface area (Å²) in [7, 11) is 0. The average molecular weight is 300 g/mol. The number of amides is 1. The first-order valence-electron chi connectivity index (χ1n) is 6.11. The van der Waals surface area contributed by atoms with Crippen molar-refractivity contribution in [3.8, 4) is 0 Å². The standard InChI is InChI=1S/C13H18ClN3O3/c1-6(2)16-12(18)7(3)17-11-9(13(19)20)4-8(15)5-10(11)14/h4-7,17H,15H2,1-3H3,(H,16,18)(H,19,20). The van der Waals surface area contributed by atoms with Crippen molar-refractivity contribution < 1.29 is 14.7 Å². The van der Waals surface area contributed by atoms with E-state index in [0.29, 0.717) is 0 Å². The molecule has 0 spiro atoms. The van der Waals surface area contributed by atoms with Crippen LogP contribution in [0.15, 0.2) is 12.1 Å². The maximum atomic E-state index is 11.8. The van der Waals surface area contributed by atoms with E-state index >= 15 is 0 Å². The SMILES string of the molecule is CC(C)NC(=O)C(C)Nc1c(Cl)cc(N)cc1C(=O)O. The lowest BCUT2D eigenvalue weighted by molar-refractivity contribution is -0.122. The molecule has 0 radical (unpaired) electrons. The lowest BCUT2D eigenvalue weighted by Gasteiger charge is -2.19. The number of anilines is 2. The van der Waals surface area contributed by atoms with Crippen molar-refractivity contribution in [3.05, 3.63) is 22.7 Å². The number of nitrogens with one attached hydrogen (secondary N) is 2. The predicted molar refractivity (Wildman–Crippen MR) is 79.2 cm³/mol. The number of carbonyl (C=O) groups excluding carboxylic acids is 1. The number of nitrogens with two attached hydrogens (primary N) is 1. The minimum atomic E-state index is -1.17. The summed E-state index contributed by atoms with van der Waals surface area (Å²) in [6.07, 6.45) is 0. The Hall–Kier alpha value is -1.95. The Balaban J connectivity index is 3.02. The van der Waals surface area contributed by atoms with Crippen molar-refractivity contribution in [2.24, 2.45) is 0 Å². The van der Waals surface area contributed by atoms with Gasteiger partial charge in [-0.25, -0.2) is 4.79 Å². The lowest BCUT2D eigenvalue weighted by atomic mass is 10.1. The molecular formula is C13H18ClN3O3. The van der Waals surface area contributed by atoms with Gasteiger partial charge in [0.1, 0.15) is 6.04 Å². The number of benzene rings is 1. The fraction of sp³-hybridized carbons (Fsp3) is 0.385. The summed E-state index contributed by atoms with van der Waals surface area (Å²) in [5, 5.41) is 14.9. The summed E-state index contributed by atoms with van der Waals surface area (Å²) < 4.78 is 0. The van der Waals surface area contributed by atoms with Gasteiger partial charge in [-0.15, -0.1) is 0 Å². The molecule has 1 unspecified atom stereocenters. The number of carboxylic acid groups (broad SMARTS) is 1. The van der Waals surface area contributed by atoms with Gasteiger partial charge in [-0.2, -0.15) is 0 Å². The molecule has 0 aliphatic carbocycles. The van der Waals surface area contributed by atoms with E-state index in [2.05, 4.69) is 10.6 Å². The zero-order chi connectivity index (χ0) is 15.4. The second kappa shape index (κ2) is 6.47. The molecule has 0 fully saturated rings. The summed E-state index contributed by atoms with van der Waals surface area (Å²) >= 11 is 6.00. The van der Waals surface area contributed by atoms with Crippen molar-refractivity contribution in [3.63, 3.8) is 0 Å². The summed E-state index contributed by atoms with van der Waals surface area (Å²) in [4.78, 5) is 23.0. The molecule has 20 heavy (non-hydrogen) atoms. The molecule has 1 aromatic carbocycles. The Kier molecular flexibility index (Phi) is 5.21. The van der Waals surface area contributed by atoms with Crippen LogP contribution in [0.4, 0.5) is 11.4 Å². The van der Waals surface area contributed by atoms with Gasteiger partial charge in [-0.3, -0.25) is 4.79 Å². The van der Waals surface area contributed by atoms with E-state index in [-0.39, 0.29) is 33.9 Å². The third-order valence-corrected chi connectivity index (χ3v) is 2.83. The molecule has 6 nitrogen and oxygen atoms in total. The van der Waals surface area contributed by atoms with Gasteiger partial charge < -0.3 is 21.5 Å². The number of nitrogen functional groups attached to an aromatic ring is 1. The van der Waals surface area contributed by atoms with Gasteiger partial charge in [-0.1, -0.05) is 11.6 Å². The van der Waals surface area contributed by atoms with Crippen LogP contribution in [0.1, 0.15) is 31.1 Å². The predicted octanol–water partition coefficient (Wildman–Crippen LogP) is 1.95. The largest absolute Gasteiger partial charge is 0.478 e. The molecule has 0 saturated heterocycles. The fourth-order valence-electron chi connectivity index (χ4n) is 1.63. The molecule has 0 aliphatic heterocycles. The Labute approximate surface area is 122 Å². The smallest absolute Gasteiger partial charge is 0.337 e. The van der Waals surface area contributed by atoms with Crippen LogP contribution in [0.5, 0.6) is 0 Å². The molecular weight excluding hydrogens is 282 g/mol. The minimum absolute atomic E-state index is 0.00687. The highest BCUT2D eigenvalue weighted by molar-refractivity contribution is 6.34. The van der Waals surface area contributed by atoms with Crippen LogP contribution in [0, 0.1) is 0 Å². The second-order valence-corrected chi connectivity index (χ2v) is 5.17. The van der Waals surface area contributed by atoms with Crippen molar-refractivity contribution in [2.75, 3.05) is 11.1 Å². The van der Waals surface area contributed by atoms with Crippen LogP contribution in [-0.4, -0.2) is 29.1 Å². The number of carbonyl (C=O) groups is 2. The molecule has 1 aromatic rings. The number of carboxylic acids is 1. The first-order chi connectivity index (χ1) is 9.22. The first kappa shape index (κ1) is 16.1. The molecule has 110 valence electrons. The van der Waals surface area contributed by atoms with Crippen molar-refractivity contribution >= 4 is 34.9 Å². The number of hydrogen-bond donors (Lipinski definition) is 4. The van der Waals surface area contributed by atoms with Gasteiger partial charge in [0, 0.05) is 11.7 Å². The van der Waals surface area contributed by atoms with Crippen LogP contribution < -0.4 is 16.4 Å². The molecule has 7 heteroatoms. The topological polar surface area (TPSA) is 104 Å². The summed E-state index contributed by atoms with van der Waals surface area (Å²) in [6, 6.07) is 2.09. The molecule has 1 amide bonds. The van der Waals surface area contributed by atoms with Gasteiger partial charge >= 0.3 is 5.97 Å². The third-order valence-electron chi connectivity index (χ3n) is 2.53. The van der Waals surface area contributed by atoms with E-state index in [0.717, 1.165) is 0 Å². The Morgan fingerprint density at radius 1 is 1.30 bits per heavy atom. The van der Waals surface area contributed by atoms with Crippen LogP contribution >= 0.6 is 11.6 Å². The van der Waals surface area contributed by atoms with E-state index in [1.165, 1.54) is 12.1 Å². The minimum Gasteiger partial charge on any atom is -0.478 e. The quantitative estimate of drug-likeness (QED) is 0.622. The van der Waals surface area contributed by atoms with Gasteiger partial charge in [0.2, 0.25) is 5.91 Å². The third kappa shape index (κ3) is 4.03. The number of aromatic carboxylic acids is 1. The Morgan fingerprint density at radius 3 is 2.40 bits per heavy atom. The van der Waals surface area contributed by atoms with Crippen LogP contribution in [0.3, 0.4) is 0 Å². The van der Waals surface area contributed by atoms with Crippen LogP contribution in [0.2, 0.25) is 5.02 Å². The fourth-order valence-corrected chi connectivity index (χ4v) is 1.92. The zero-order valence-electron chi connectivity index (χ0n) is 11.5. The number of halogens is 1. The summed E-state index contributed by atoms with van der Waals surface area (Å²) in [5.74, 6) is -1.41. The summed E-state index contributed by atoms with van der Waals surface area (Å²) in [6.45, 7) is 5.29. The second-order valence-electron chi connectivity index (χ2n) is 4.76. The zero-order valence-corrected chi connectivity index (χ0v) is 12.3. The van der Waals surface area contributed by atoms with Crippen LogP contribution in [0.25, 0.3) is 0 Å². The molecule has 0 saturated carbocycles. The molecule has 5 N–H and O–H groups in total. The van der Waals surface area contributed by atoms with Crippen molar-refractivity contribution in [1.82, 2.24) is 5.32 Å². The van der Waals surface area contributed by atoms with Gasteiger partial charge in [0.05, 0.1) is 16.3 Å². The van der Waals surface area contributed by atoms with Crippen molar-refractivity contribution in [1.29, 1.82) is 0 Å². The maximum Gasteiger partial charge on any atom is 0.337 e. The highest BCUT2D eigenvalue weighted by Crippen LogP contribution is 2.29. The number of hydrogen-bond acceptors (Lipinski definition) is 4. The Bertz CT molecular complexity index is 532. The van der Waals surface area contributed by atoms with Gasteiger partial charge in [-0.05, 0) is 32.9 Å². The first-order valence-corrected chi connectivity index (χ1v) is 6.49. The summed E-state index contributed by atoms with van der Waals surface area (Å²) in [5.41, 5.74) is 5.93. The molecule has 1 atom stereocenters. The Morgan fingerprint density at radius 2 is 1.90 bits per heavy atom. The monoisotopic (exact) mass is 299 g/mol. The molecule has 0 heterocycles. The molecule has 1 rings (SSSR count). The van der Waals surface area contributed by atoms with Gasteiger partial charge in [0.15, 0.2) is 0 Å². The van der Waals surface area contributed by atoms with E-state index in [1.54, 1.807) is 6.92 Å². The van der Waals surface area contributed by atoms with Crippen LogP contribution in [-0.2, 0) is 4.79 Å². The molecule has 0 aliphatic rings. The van der Waals surface area contributed by atoms with Crippen molar-refractivity contribution in [2.45, 2.75) is 32.9 Å².